The Bertz CT molecular complexity index is 1120. The Hall–Kier alpha value is -3.23. The van der Waals surface area contributed by atoms with Gasteiger partial charge in [0, 0.05) is 12.2 Å². The Labute approximate surface area is 181 Å². The molecule has 0 aliphatic heterocycles. The maximum absolute atomic E-state index is 13.4. The molecule has 0 unspecified atom stereocenters. The summed E-state index contributed by atoms with van der Waals surface area (Å²) in [5.41, 5.74) is 1.21. The number of anilines is 1. The monoisotopic (exact) mass is 442 g/mol. The lowest BCUT2D eigenvalue weighted by atomic mass is 10.1. The molecule has 3 aromatic rings. The average molecular weight is 443 g/mol. The van der Waals surface area contributed by atoms with Crippen LogP contribution in [0, 0.1) is 5.82 Å². The summed E-state index contributed by atoms with van der Waals surface area (Å²) in [5.74, 6) is -0.529. The van der Waals surface area contributed by atoms with Gasteiger partial charge in [-0.15, -0.1) is 0 Å². The fourth-order valence-electron chi connectivity index (χ4n) is 3.01. The summed E-state index contributed by atoms with van der Waals surface area (Å²) < 4.78 is 46.1. The van der Waals surface area contributed by atoms with Gasteiger partial charge in [-0.1, -0.05) is 36.4 Å². The van der Waals surface area contributed by atoms with Crippen LogP contribution in [0.5, 0.6) is 5.75 Å². The smallest absolute Gasteiger partial charge is 0.243 e. The number of carbonyl (C=O) groups excluding carboxylic acids is 1. The predicted octanol–water partition coefficient (Wildman–Crippen LogP) is 3.71. The topological polar surface area (TPSA) is 75.7 Å². The summed E-state index contributed by atoms with van der Waals surface area (Å²) >= 11 is 0. The van der Waals surface area contributed by atoms with Crippen molar-refractivity contribution in [3.63, 3.8) is 0 Å². The van der Waals surface area contributed by atoms with E-state index in [-0.39, 0.29) is 17.1 Å². The van der Waals surface area contributed by atoms with Gasteiger partial charge < -0.3 is 10.1 Å². The van der Waals surface area contributed by atoms with Crippen LogP contribution < -0.4 is 10.1 Å². The molecule has 0 atom stereocenters. The summed E-state index contributed by atoms with van der Waals surface area (Å²) in [4.78, 5) is 12.6. The number of rotatable bonds is 9. The van der Waals surface area contributed by atoms with Crippen molar-refractivity contribution >= 4 is 21.6 Å². The van der Waals surface area contributed by atoms with Gasteiger partial charge in [0.15, 0.2) is 0 Å². The summed E-state index contributed by atoms with van der Waals surface area (Å²) in [5, 5.41) is 2.55. The molecule has 0 heterocycles. The highest BCUT2D eigenvalue weighted by molar-refractivity contribution is 7.89. The number of hydrogen-bond donors (Lipinski definition) is 1. The molecule has 6 nitrogen and oxygen atoms in total. The Kier molecular flexibility index (Phi) is 7.38. The SMILES string of the molecule is COc1ccc(S(=O)(=O)N(CCc2ccccc2)CC(=O)Nc2cccc(F)c2)cc1. The van der Waals surface area contributed by atoms with E-state index in [9.17, 15) is 17.6 Å². The molecule has 8 heteroatoms. The molecule has 31 heavy (non-hydrogen) atoms. The molecule has 0 radical (unpaired) electrons. The first-order valence-corrected chi connectivity index (χ1v) is 11.1. The fourth-order valence-corrected chi connectivity index (χ4v) is 4.40. The maximum Gasteiger partial charge on any atom is 0.243 e. The van der Waals surface area contributed by atoms with Gasteiger partial charge in [-0.25, -0.2) is 12.8 Å². The molecule has 3 rings (SSSR count). The van der Waals surface area contributed by atoms with Crippen LogP contribution in [0.2, 0.25) is 0 Å². The summed E-state index contributed by atoms with van der Waals surface area (Å²) in [6, 6.07) is 20.8. The van der Waals surface area contributed by atoms with Crippen LogP contribution in [0.15, 0.2) is 83.8 Å². The van der Waals surface area contributed by atoms with Gasteiger partial charge in [0.2, 0.25) is 15.9 Å². The van der Waals surface area contributed by atoms with Gasteiger partial charge in [-0.05, 0) is 54.4 Å². The third kappa shape index (κ3) is 6.13. The van der Waals surface area contributed by atoms with E-state index in [1.165, 1.54) is 43.5 Å². The minimum absolute atomic E-state index is 0.0555. The Morgan fingerprint density at radius 3 is 2.35 bits per heavy atom. The summed E-state index contributed by atoms with van der Waals surface area (Å²) in [6.45, 7) is -0.299. The zero-order valence-electron chi connectivity index (χ0n) is 17.0. The molecule has 1 N–H and O–H groups in total. The number of halogens is 1. The van der Waals surface area contributed by atoms with Crippen molar-refractivity contribution in [2.45, 2.75) is 11.3 Å². The van der Waals surface area contributed by atoms with Gasteiger partial charge in [0.25, 0.3) is 0 Å². The number of nitrogens with one attached hydrogen (secondary N) is 1. The maximum atomic E-state index is 13.4. The number of benzene rings is 3. The van der Waals surface area contributed by atoms with Crippen LogP contribution >= 0.6 is 0 Å². The lowest BCUT2D eigenvalue weighted by Crippen LogP contribution is -2.39. The van der Waals surface area contributed by atoms with Crippen molar-refractivity contribution in [2.75, 3.05) is 25.5 Å². The largest absolute Gasteiger partial charge is 0.497 e. The van der Waals surface area contributed by atoms with Crippen LogP contribution in [0.1, 0.15) is 5.56 Å². The highest BCUT2D eigenvalue weighted by atomic mass is 32.2. The van der Waals surface area contributed by atoms with Gasteiger partial charge in [0.05, 0.1) is 18.6 Å². The normalized spacial score (nSPS) is 11.3. The molecule has 3 aromatic carbocycles. The standard InChI is InChI=1S/C23H23FN2O4S/c1-30-21-10-12-22(13-11-21)31(28,29)26(15-14-18-6-3-2-4-7-18)17-23(27)25-20-9-5-8-19(24)16-20/h2-13,16H,14-15,17H2,1H3,(H,25,27). The number of carbonyl (C=O) groups is 1. The second kappa shape index (κ2) is 10.2. The van der Waals surface area contributed by atoms with Gasteiger partial charge in [-0.3, -0.25) is 4.79 Å². The Morgan fingerprint density at radius 1 is 1.00 bits per heavy atom. The number of amides is 1. The Balaban J connectivity index is 1.81. The van der Waals surface area contributed by atoms with Crippen LogP contribution in [-0.2, 0) is 21.2 Å². The third-order valence-electron chi connectivity index (χ3n) is 4.62. The second-order valence-electron chi connectivity index (χ2n) is 6.81. The van der Waals surface area contributed by atoms with E-state index in [1.54, 1.807) is 12.1 Å². The minimum Gasteiger partial charge on any atom is -0.497 e. The van der Waals surface area contributed by atoms with Crippen molar-refractivity contribution < 1.29 is 22.3 Å². The van der Waals surface area contributed by atoms with E-state index in [4.69, 9.17) is 4.74 Å². The average Bonchev–Trinajstić information content (AvgIpc) is 2.77. The van der Waals surface area contributed by atoms with Crippen LogP contribution in [0.25, 0.3) is 0 Å². The van der Waals surface area contributed by atoms with Crippen molar-refractivity contribution in [1.82, 2.24) is 4.31 Å². The first kappa shape index (κ1) is 22.5. The lowest BCUT2D eigenvalue weighted by Gasteiger charge is -2.22. The first-order chi connectivity index (χ1) is 14.9. The lowest BCUT2D eigenvalue weighted by molar-refractivity contribution is -0.116. The van der Waals surface area contributed by atoms with E-state index in [0.717, 1.165) is 9.87 Å². The number of sulfonamides is 1. The van der Waals surface area contributed by atoms with E-state index in [2.05, 4.69) is 5.32 Å². The number of ether oxygens (including phenoxy) is 1. The van der Waals surface area contributed by atoms with Gasteiger partial charge in [-0.2, -0.15) is 4.31 Å². The van der Waals surface area contributed by atoms with Gasteiger partial charge >= 0.3 is 0 Å². The molecule has 162 valence electrons. The predicted molar refractivity (Wildman–Crippen MR) is 117 cm³/mol. The molecule has 0 saturated heterocycles. The molecule has 0 saturated carbocycles. The van der Waals surface area contributed by atoms with Crippen molar-refractivity contribution in [3.8, 4) is 5.75 Å². The summed E-state index contributed by atoms with van der Waals surface area (Å²) in [6.07, 6.45) is 0.434. The Morgan fingerprint density at radius 2 is 1.71 bits per heavy atom. The highest BCUT2D eigenvalue weighted by Crippen LogP contribution is 2.20. The number of nitrogens with zero attached hydrogens (tertiary/aromatic N) is 1. The van der Waals surface area contributed by atoms with Crippen molar-refractivity contribution in [2.24, 2.45) is 0 Å². The molecule has 0 aromatic heterocycles. The molecule has 0 aliphatic rings. The van der Waals surface area contributed by atoms with E-state index >= 15 is 0 Å². The highest BCUT2D eigenvalue weighted by Gasteiger charge is 2.26. The van der Waals surface area contributed by atoms with Crippen molar-refractivity contribution in [1.29, 1.82) is 0 Å². The van der Waals surface area contributed by atoms with Crippen LogP contribution in [0.3, 0.4) is 0 Å². The minimum atomic E-state index is -3.95. The zero-order chi connectivity index (χ0) is 22.3. The second-order valence-corrected chi connectivity index (χ2v) is 8.75. The van der Waals surface area contributed by atoms with Crippen LogP contribution in [-0.4, -0.2) is 38.8 Å². The van der Waals surface area contributed by atoms with Crippen molar-refractivity contribution in [3.05, 3.63) is 90.2 Å². The molecule has 0 aliphatic carbocycles. The molecule has 0 fully saturated rings. The molecule has 0 bridgehead atoms. The van der Waals surface area contributed by atoms with Crippen LogP contribution in [0.4, 0.5) is 10.1 Å². The third-order valence-corrected chi connectivity index (χ3v) is 6.48. The molecular formula is C23H23FN2O4S. The molecular weight excluding hydrogens is 419 g/mol. The van der Waals surface area contributed by atoms with E-state index < -0.39 is 28.3 Å². The summed E-state index contributed by atoms with van der Waals surface area (Å²) in [7, 11) is -2.46. The number of hydrogen-bond acceptors (Lipinski definition) is 4. The van der Waals surface area contributed by atoms with E-state index in [0.29, 0.717) is 12.2 Å². The van der Waals surface area contributed by atoms with E-state index in [1.807, 2.05) is 30.3 Å². The number of methoxy groups -OCH3 is 1. The first-order valence-electron chi connectivity index (χ1n) is 9.62. The fraction of sp³-hybridized carbons (Fsp3) is 0.174. The molecule has 0 spiro atoms. The zero-order valence-corrected chi connectivity index (χ0v) is 17.8. The molecule has 1 amide bonds. The van der Waals surface area contributed by atoms with Gasteiger partial charge in [0.1, 0.15) is 11.6 Å². The quantitative estimate of drug-likeness (QED) is 0.548.